The second-order valence-corrected chi connectivity index (χ2v) is 29.7. The fourth-order valence-electron chi connectivity index (χ4n) is 11.1. The van der Waals surface area contributed by atoms with Crippen LogP contribution in [0.15, 0.2) is 120 Å². The largest absolute Gasteiger partial charge is 0.422 e. The molecule has 0 N–H and O–H groups in total. The van der Waals surface area contributed by atoms with Crippen LogP contribution < -0.4 is 9.47 Å². The van der Waals surface area contributed by atoms with E-state index in [0.29, 0.717) is 34.5 Å². The zero-order valence-electron chi connectivity index (χ0n) is 44.9. The molecule has 0 spiro atoms. The fraction of sp³-hybridized carbons (Fsp3) is 0.273. The number of thioether (sulfide) groups is 1. The Kier molecular flexibility index (Phi) is 15.7. The Labute approximate surface area is 499 Å². The third kappa shape index (κ3) is 10.6. The van der Waals surface area contributed by atoms with E-state index in [9.17, 15) is 9.59 Å². The van der Waals surface area contributed by atoms with Crippen LogP contribution in [0.4, 0.5) is 0 Å². The number of unbranched alkanes of at least 4 members (excludes halogenated alkanes) is 2. The summed E-state index contributed by atoms with van der Waals surface area (Å²) >= 11 is 14.6. The van der Waals surface area contributed by atoms with Crippen LogP contribution in [0, 0.1) is 11.8 Å². The first-order chi connectivity index (χ1) is 39.2. The van der Waals surface area contributed by atoms with Gasteiger partial charge < -0.3 is 9.47 Å². The van der Waals surface area contributed by atoms with E-state index in [4.69, 9.17) is 19.4 Å². The minimum atomic E-state index is -0.307. The van der Waals surface area contributed by atoms with Gasteiger partial charge in [0, 0.05) is 66.5 Å². The van der Waals surface area contributed by atoms with Crippen LogP contribution in [0.25, 0.3) is 93.5 Å². The van der Waals surface area contributed by atoms with Gasteiger partial charge in [0.25, 0.3) is 0 Å². The number of hydrogen-bond acceptors (Lipinski definition) is 14. The van der Waals surface area contributed by atoms with Crippen molar-refractivity contribution in [2.75, 3.05) is 0 Å². The van der Waals surface area contributed by atoms with Crippen molar-refractivity contribution in [2.45, 2.75) is 104 Å². The van der Waals surface area contributed by atoms with Crippen LogP contribution in [-0.4, -0.2) is 21.9 Å². The third-order valence-corrected chi connectivity index (χ3v) is 25.1. The summed E-state index contributed by atoms with van der Waals surface area (Å²) in [6, 6.07) is 37.5. The van der Waals surface area contributed by atoms with Crippen LogP contribution in [0.3, 0.4) is 0 Å². The number of ether oxygens (including phenoxy) is 2. The molecule has 0 amide bonds. The molecular weight excluding hydrogens is 1140 g/mol. The number of rotatable bonds is 20. The molecule has 10 aromatic rings. The van der Waals surface area contributed by atoms with Gasteiger partial charge in [0.15, 0.2) is 0 Å². The number of fused-ring (bicyclic) bond motifs is 4. The van der Waals surface area contributed by atoms with Gasteiger partial charge in [0.2, 0.25) is 0 Å². The highest BCUT2D eigenvalue weighted by atomic mass is 32.2. The Hall–Kier alpha value is -5.55. The number of hydrogen-bond donors (Lipinski definition) is 0. The van der Waals surface area contributed by atoms with E-state index in [-0.39, 0.29) is 17.2 Å². The van der Waals surface area contributed by atoms with E-state index in [1.165, 1.54) is 96.3 Å². The molecule has 3 unspecified atom stereocenters. The standard InChI is InChI=1S/C66H58N2O4S8/c1-5-9-15-37(7-3)33-39-23-27-53(75-39)57-59-62(80-63(67-59)55-31-29-51(77-55)49-25-21-41(73-49)35-45-43-17-11-13-19-47(43)71-65(45)69)58(54-28-24-40(76-54)34-38(8-4)16-10-6-2)60-61(57)79-64(68-60)56-32-30-52(78-56)50-26-22-42(74-50)36-46-44-18-12-14-20-48(44)72-66(46)70/h11-14,17-27,29-32,35-38,54H,5-10,15-16,28,33-34H2,1-4H3/b45-35-,46-36+. The molecule has 80 heavy (non-hydrogen) atoms. The molecule has 3 aromatic carbocycles. The number of nitrogens with zero attached hydrogens (tertiary/aromatic N) is 2. The summed E-state index contributed by atoms with van der Waals surface area (Å²) < 4.78 is 13.6. The molecule has 404 valence electrons. The van der Waals surface area contributed by atoms with E-state index in [1.807, 2.05) is 94.7 Å². The summed E-state index contributed by atoms with van der Waals surface area (Å²) in [5.41, 5.74) is 7.60. The fourth-order valence-corrected chi connectivity index (χ4v) is 20.4. The number of aromatic nitrogens is 2. The quantitative estimate of drug-likeness (QED) is 0.0427. The molecule has 0 saturated heterocycles. The lowest BCUT2D eigenvalue weighted by Gasteiger charge is -2.17. The molecule has 3 atom stereocenters. The monoisotopic (exact) mass is 1200 g/mol. The van der Waals surface area contributed by atoms with E-state index in [2.05, 4.69) is 106 Å². The number of para-hydroxylation sites is 2. The Morgan fingerprint density at radius 1 is 0.537 bits per heavy atom. The number of thiophene rings is 5. The van der Waals surface area contributed by atoms with Crippen LogP contribution in [0.5, 0.6) is 11.5 Å². The lowest BCUT2D eigenvalue weighted by molar-refractivity contribution is -0.127. The molecule has 0 aliphatic carbocycles. The number of thiazole rings is 2. The van der Waals surface area contributed by atoms with Gasteiger partial charge >= 0.3 is 11.9 Å². The van der Waals surface area contributed by atoms with Gasteiger partial charge in [-0.3, -0.25) is 0 Å². The lowest BCUT2D eigenvalue weighted by Crippen LogP contribution is -2.01. The summed E-state index contributed by atoms with van der Waals surface area (Å²) in [7, 11) is 0. The van der Waals surface area contributed by atoms with Crippen LogP contribution >= 0.6 is 91.1 Å². The molecule has 3 aliphatic rings. The summed E-state index contributed by atoms with van der Waals surface area (Å²) in [5, 5.41) is 2.29. The molecule has 0 fully saturated rings. The van der Waals surface area contributed by atoms with Crippen LogP contribution in [0.2, 0.25) is 0 Å². The third-order valence-electron chi connectivity index (χ3n) is 15.5. The number of esters is 2. The highest BCUT2D eigenvalue weighted by Gasteiger charge is 2.33. The first-order valence-corrected chi connectivity index (χ1v) is 34.5. The Morgan fingerprint density at radius 3 is 1.64 bits per heavy atom. The van der Waals surface area contributed by atoms with Crippen molar-refractivity contribution in [3.63, 3.8) is 0 Å². The predicted molar refractivity (Wildman–Crippen MR) is 347 cm³/mol. The Balaban J connectivity index is 0.904. The number of allylic oxidation sites excluding steroid dienone is 2. The van der Waals surface area contributed by atoms with E-state index >= 15 is 0 Å². The minimum Gasteiger partial charge on any atom is -0.422 e. The minimum absolute atomic E-state index is 0.224. The second-order valence-electron chi connectivity index (χ2n) is 20.8. The smallest absolute Gasteiger partial charge is 0.344 e. The molecule has 13 rings (SSSR count). The first kappa shape index (κ1) is 53.7. The van der Waals surface area contributed by atoms with Crippen LogP contribution in [-0.2, 0) is 16.0 Å². The number of carbonyl (C=O) groups is 2. The van der Waals surface area contributed by atoms with Gasteiger partial charge in [-0.2, -0.15) is 0 Å². The lowest BCUT2D eigenvalue weighted by atomic mass is 9.95. The molecule has 0 bridgehead atoms. The first-order valence-electron chi connectivity index (χ1n) is 27.9. The van der Waals surface area contributed by atoms with Gasteiger partial charge in [-0.25, -0.2) is 19.6 Å². The van der Waals surface area contributed by atoms with Gasteiger partial charge in [0.1, 0.15) is 21.5 Å². The van der Waals surface area contributed by atoms with E-state index in [1.54, 1.807) is 45.3 Å². The van der Waals surface area contributed by atoms with Crippen molar-refractivity contribution in [3.05, 3.63) is 151 Å². The maximum Gasteiger partial charge on any atom is 0.344 e. The van der Waals surface area contributed by atoms with Crippen molar-refractivity contribution in [1.82, 2.24) is 9.97 Å². The van der Waals surface area contributed by atoms with Crippen molar-refractivity contribution >= 4 is 147 Å². The van der Waals surface area contributed by atoms with Gasteiger partial charge in [-0.05, 0) is 121 Å². The molecule has 0 saturated carbocycles. The molecule has 0 radical (unpaired) electrons. The van der Waals surface area contributed by atoms with E-state index < -0.39 is 0 Å². The zero-order chi connectivity index (χ0) is 54.4. The predicted octanol–water partition coefficient (Wildman–Crippen LogP) is 21.9. The second kappa shape index (κ2) is 23.4. The van der Waals surface area contributed by atoms with Crippen molar-refractivity contribution < 1.29 is 19.1 Å². The molecular formula is C66H58N2O4S8. The maximum atomic E-state index is 12.9. The van der Waals surface area contributed by atoms with Gasteiger partial charge in [-0.1, -0.05) is 122 Å². The Bertz CT molecular complexity index is 3860. The summed E-state index contributed by atoms with van der Waals surface area (Å²) in [5.74, 6) is 1.97. The molecule has 6 nitrogen and oxygen atoms in total. The summed E-state index contributed by atoms with van der Waals surface area (Å²) in [6.07, 6.45) is 19.6. The average Bonchev–Trinajstić information content (AvgIpc) is 4.51. The summed E-state index contributed by atoms with van der Waals surface area (Å²) in [6.45, 7) is 9.31. The average molecular weight is 1200 g/mol. The molecule has 10 heterocycles. The maximum absolute atomic E-state index is 12.9. The normalized spacial score (nSPS) is 16.8. The Morgan fingerprint density at radius 2 is 1.05 bits per heavy atom. The number of carbonyl (C=O) groups excluding carboxylic acids is 2. The van der Waals surface area contributed by atoms with E-state index in [0.717, 1.165) is 80.7 Å². The molecule has 7 aromatic heterocycles. The molecule has 14 heteroatoms. The van der Waals surface area contributed by atoms with Gasteiger partial charge in [0.05, 0.1) is 41.3 Å². The molecule has 3 aliphatic heterocycles. The van der Waals surface area contributed by atoms with Crippen molar-refractivity contribution in [3.8, 4) is 61.2 Å². The van der Waals surface area contributed by atoms with Crippen molar-refractivity contribution in [2.24, 2.45) is 11.8 Å². The highest BCUT2D eigenvalue weighted by Crippen LogP contribution is 2.57. The highest BCUT2D eigenvalue weighted by molar-refractivity contribution is 8.03. The van der Waals surface area contributed by atoms with Gasteiger partial charge in [-0.15, -0.1) is 91.1 Å². The number of benzene rings is 3. The zero-order valence-corrected chi connectivity index (χ0v) is 51.5. The topological polar surface area (TPSA) is 78.4 Å². The van der Waals surface area contributed by atoms with Crippen molar-refractivity contribution in [1.29, 1.82) is 0 Å². The summed E-state index contributed by atoms with van der Waals surface area (Å²) in [4.78, 5) is 50.6. The van der Waals surface area contributed by atoms with Crippen LogP contribution in [0.1, 0.15) is 128 Å². The SMILES string of the molecule is CCCCC(CC)CC1=CCC(c2c3nc(-c4ccc(-c5ccc(/C=C6/C(=O)Oc7ccccc76)s5)s4)sc3c(-c3ccc(CC(CC)CCCC)s3)c3nc(-c4ccc(-c5ccc(/C=C6\C(=O)Oc7ccccc76)s5)s4)sc23)S1.